The second-order valence-corrected chi connectivity index (χ2v) is 5.31. The van der Waals surface area contributed by atoms with E-state index in [9.17, 15) is 9.90 Å². The molecule has 0 unspecified atom stereocenters. The maximum absolute atomic E-state index is 11.3. The van der Waals surface area contributed by atoms with Gasteiger partial charge in [0.2, 0.25) is 0 Å². The minimum absolute atomic E-state index is 0.154. The Balaban J connectivity index is 2.17. The quantitative estimate of drug-likeness (QED) is 0.883. The Kier molecular flexibility index (Phi) is 5.23. The van der Waals surface area contributed by atoms with Crippen molar-refractivity contribution in [1.82, 2.24) is 4.90 Å². The summed E-state index contributed by atoms with van der Waals surface area (Å²) in [7, 11) is 0. The molecule has 1 heterocycles. The Morgan fingerprint density at radius 3 is 2.75 bits per heavy atom. The van der Waals surface area contributed by atoms with E-state index >= 15 is 0 Å². The summed E-state index contributed by atoms with van der Waals surface area (Å²) in [6, 6.07) is 4.99. The molecule has 5 nitrogen and oxygen atoms in total. The zero-order valence-corrected chi connectivity index (χ0v) is 12.0. The highest BCUT2D eigenvalue weighted by molar-refractivity contribution is 6.31. The van der Waals surface area contributed by atoms with Crippen molar-refractivity contribution in [3.8, 4) is 0 Å². The highest BCUT2D eigenvalue weighted by Crippen LogP contribution is 2.25. The lowest BCUT2D eigenvalue weighted by molar-refractivity contribution is 0.0697. The van der Waals surface area contributed by atoms with Gasteiger partial charge in [0.1, 0.15) is 0 Å². The average Bonchev–Trinajstić information content (AvgIpc) is 2.65. The SMILES string of the molecule is O=C(O)c1cc(Cl)ccc1N1CCCN(CCO)CC1. The Morgan fingerprint density at radius 2 is 2.05 bits per heavy atom. The molecule has 0 bridgehead atoms. The number of aromatic carboxylic acids is 1. The van der Waals surface area contributed by atoms with Crippen LogP contribution >= 0.6 is 11.6 Å². The number of carboxylic acids is 1. The van der Waals surface area contributed by atoms with Crippen molar-refractivity contribution in [2.24, 2.45) is 0 Å². The molecule has 6 heteroatoms. The molecule has 0 amide bonds. The van der Waals surface area contributed by atoms with Crippen LogP contribution in [0.5, 0.6) is 0 Å². The summed E-state index contributed by atoms with van der Waals surface area (Å²) in [6.07, 6.45) is 0.946. The number of hydrogen-bond donors (Lipinski definition) is 2. The third-order valence-electron chi connectivity index (χ3n) is 3.53. The summed E-state index contributed by atoms with van der Waals surface area (Å²) in [6.45, 7) is 4.13. The van der Waals surface area contributed by atoms with Crippen LogP contribution in [0.25, 0.3) is 0 Å². The summed E-state index contributed by atoms with van der Waals surface area (Å²) < 4.78 is 0. The molecule has 0 saturated carbocycles. The van der Waals surface area contributed by atoms with Crippen molar-refractivity contribution < 1.29 is 15.0 Å². The number of benzene rings is 1. The van der Waals surface area contributed by atoms with Crippen LogP contribution < -0.4 is 4.90 Å². The number of carboxylic acid groups (broad SMARTS) is 1. The maximum atomic E-state index is 11.3. The third-order valence-corrected chi connectivity index (χ3v) is 3.77. The second kappa shape index (κ2) is 6.92. The monoisotopic (exact) mass is 298 g/mol. The predicted octanol–water partition coefficient (Wildman–Crippen LogP) is 1.54. The molecule has 2 rings (SSSR count). The van der Waals surface area contributed by atoms with Gasteiger partial charge in [0.25, 0.3) is 0 Å². The number of hydrogen-bond acceptors (Lipinski definition) is 4. The molecule has 1 saturated heterocycles. The van der Waals surface area contributed by atoms with Gasteiger partial charge < -0.3 is 15.1 Å². The van der Waals surface area contributed by atoms with E-state index in [2.05, 4.69) is 9.80 Å². The minimum atomic E-state index is -0.959. The van der Waals surface area contributed by atoms with Crippen LogP contribution in [0.15, 0.2) is 18.2 Å². The molecule has 1 aliphatic rings. The molecule has 1 aromatic rings. The van der Waals surface area contributed by atoms with Gasteiger partial charge >= 0.3 is 5.97 Å². The number of carbonyl (C=O) groups is 1. The van der Waals surface area contributed by atoms with Gasteiger partial charge in [0, 0.05) is 31.2 Å². The molecular weight excluding hydrogens is 280 g/mol. The first kappa shape index (κ1) is 15.1. The van der Waals surface area contributed by atoms with E-state index in [1.54, 1.807) is 12.1 Å². The van der Waals surface area contributed by atoms with E-state index in [0.717, 1.165) is 32.6 Å². The van der Waals surface area contributed by atoms with Gasteiger partial charge in [0.15, 0.2) is 0 Å². The van der Waals surface area contributed by atoms with Crippen molar-refractivity contribution in [3.63, 3.8) is 0 Å². The van der Waals surface area contributed by atoms with E-state index in [1.165, 1.54) is 6.07 Å². The van der Waals surface area contributed by atoms with Crippen molar-refractivity contribution in [2.45, 2.75) is 6.42 Å². The average molecular weight is 299 g/mol. The fraction of sp³-hybridized carbons (Fsp3) is 0.500. The Morgan fingerprint density at radius 1 is 1.25 bits per heavy atom. The molecular formula is C14H19ClN2O3. The summed E-state index contributed by atoms with van der Waals surface area (Å²) in [5.41, 5.74) is 0.959. The van der Waals surface area contributed by atoms with E-state index < -0.39 is 5.97 Å². The summed E-state index contributed by atoms with van der Waals surface area (Å²) >= 11 is 5.88. The van der Waals surface area contributed by atoms with Crippen molar-refractivity contribution >= 4 is 23.3 Å². The number of anilines is 1. The molecule has 0 aliphatic carbocycles. The number of rotatable bonds is 4. The third kappa shape index (κ3) is 3.62. The summed E-state index contributed by atoms with van der Waals surface area (Å²) in [5.74, 6) is -0.959. The van der Waals surface area contributed by atoms with E-state index in [0.29, 0.717) is 17.3 Å². The Hall–Kier alpha value is -1.30. The minimum Gasteiger partial charge on any atom is -0.478 e. The lowest BCUT2D eigenvalue weighted by Crippen LogP contribution is -2.33. The standard InChI is InChI=1S/C14H19ClN2O3/c15-11-2-3-13(12(10-11)14(19)20)17-5-1-4-16(6-7-17)8-9-18/h2-3,10,18H,1,4-9H2,(H,19,20). The summed E-state index contributed by atoms with van der Waals surface area (Å²) in [4.78, 5) is 15.6. The van der Waals surface area contributed by atoms with Crippen LogP contribution in [0.2, 0.25) is 5.02 Å². The fourth-order valence-corrected chi connectivity index (χ4v) is 2.70. The van der Waals surface area contributed by atoms with E-state index in [4.69, 9.17) is 16.7 Å². The number of aliphatic hydroxyl groups excluding tert-OH is 1. The lowest BCUT2D eigenvalue weighted by Gasteiger charge is -2.25. The van der Waals surface area contributed by atoms with Crippen molar-refractivity contribution in [1.29, 1.82) is 0 Å². The van der Waals surface area contributed by atoms with Gasteiger partial charge in [-0.2, -0.15) is 0 Å². The second-order valence-electron chi connectivity index (χ2n) is 4.87. The van der Waals surface area contributed by atoms with Crippen LogP contribution in [0.1, 0.15) is 16.8 Å². The fourth-order valence-electron chi connectivity index (χ4n) is 2.53. The molecule has 110 valence electrons. The predicted molar refractivity (Wildman–Crippen MR) is 78.8 cm³/mol. The van der Waals surface area contributed by atoms with Gasteiger partial charge in [0.05, 0.1) is 17.9 Å². The normalized spacial score (nSPS) is 17.0. The zero-order valence-electron chi connectivity index (χ0n) is 11.3. The molecule has 1 aromatic carbocycles. The molecule has 0 aromatic heterocycles. The van der Waals surface area contributed by atoms with Crippen LogP contribution in [0.3, 0.4) is 0 Å². The summed E-state index contributed by atoms with van der Waals surface area (Å²) in [5, 5.41) is 18.7. The first-order valence-electron chi connectivity index (χ1n) is 6.73. The van der Waals surface area contributed by atoms with Crippen LogP contribution in [-0.2, 0) is 0 Å². The van der Waals surface area contributed by atoms with Crippen molar-refractivity contribution in [2.75, 3.05) is 44.2 Å². The molecule has 20 heavy (non-hydrogen) atoms. The van der Waals surface area contributed by atoms with Crippen LogP contribution in [-0.4, -0.2) is 60.4 Å². The van der Waals surface area contributed by atoms with E-state index in [1.807, 2.05) is 0 Å². The molecule has 1 fully saturated rings. The number of halogens is 1. The van der Waals surface area contributed by atoms with Gasteiger partial charge in [-0.1, -0.05) is 11.6 Å². The number of nitrogens with zero attached hydrogens (tertiary/aromatic N) is 2. The van der Waals surface area contributed by atoms with Crippen molar-refractivity contribution in [3.05, 3.63) is 28.8 Å². The van der Waals surface area contributed by atoms with Crippen LogP contribution in [0.4, 0.5) is 5.69 Å². The first-order valence-corrected chi connectivity index (χ1v) is 7.10. The number of aliphatic hydroxyl groups is 1. The highest BCUT2D eigenvalue weighted by atomic mass is 35.5. The topological polar surface area (TPSA) is 64.0 Å². The largest absolute Gasteiger partial charge is 0.478 e. The first-order chi connectivity index (χ1) is 9.61. The van der Waals surface area contributed by atoms with E-state index in [-0.39, 0.29) is 12.2 Å². The lowest BCUT2D eigenvalue weighted by atomic mass is 10.1. The molecule has 0 spiro atoms. The molecule has 2 N–H and O–H groups in total. The van der Waals surface area contributed by atoms with Gasteiger partial charge in [-0.15, -0.1) is 0 Å². The van der Waals surface area contributed by atoms with Gasteiger partial charge in [-0.05, 0) is 31.2 Å². The Bertz CT molecular complexity index is 481. The zero-order chi connectivity index (χ0) is 14.5. The highest BCUT2D eigenvalue weighted by Gasteiger charge is 2.19. The van der Waals surface area contributed by atoms with Crippen LogP contribution in [0, 0.1) is 0 Å². The number of β-amino-alcohol motifs (C(OH)–C–C–N with tert-alkyl or cyclic N) is 1. The smallest absolute Gasteiger partial charge is 0.337 e. The van der Waals surface area contributed by atoms with Gasteiger partial charge in [-0.25, -0.2) is 4.79 Å². The molecule has 1 aliphatic heterocycles. The molecule has 0 radical (unpaired) electrons. The maximum Gasteiger partial charge on any atom is 0.337 e. The Labute approximate surface area is 123 Å². The van der Waals surface area contributed by atoms with Gasteiger partial charge in [-0.3, -0.25) is 4.90 Å². The molecule has 0 atom stereocenters.